The minimum atomic E-state index is 0.451. The first kappa shape index (κ1) is 14.3. The van der Waals surface area contributed by atoms with Crippen molar-refractivity contribution in [2.45, 2.75) is 52.2 Å². The lowest BCUT2D eigenvalue weighted by Crippen LogP contribution is -2.43. The van der Waals surface area contributed by atoms with E-state index in [-0.39, 0.29) is 0 Å². The van der Waals surface area contributed by atoms with Gasteiger partial charge in [-0.25, -0.2) is 0 Å². The Labute approximate surface area is 112 Å². The van der Waals surface area contributed by atoms with Crippen molar-refractivity contribution in [1.29, 1.82) is 0 Å². The second kappa shape index (κ2) is 6.88. The SMILES string of the molecule is CCN1CCC(C(C)NCC2CCOC2C)CC1. The lowest BCUT2D eigenvalue weighted by atomic mass is 9.90. The minimum absolute atomic E-state index is 0.451. The number of piperidine rings is 1. The van der Waals surface area contributed by atoms with Gasteiger partial charge >= 0.3 is 0 Å². The molecule has 0 spiro atoms. The summed E-state index contributed by atoms with van der Waals surface area (Å²) in [6.07, 6.45) is 4.40. The third-order valence-corrected chi connectivity index (χ3v) is 5.02. The van der Waals surface area contributed by atoms with Gasteiger partial charge in [-0.05, 0) is 64.6 Å². The van der Waals surface area contributed by atoms with E-state index < -0.39 is 0 Å². The van der Waals surface area contributed by atoms with Gasteiger partial charge in [-0.15, -0.1) is 0 Å². The molecule has 0 aliphatic carbocycles. The van der Waals surface area contributed by atoms with Crippen LogP contribution in [0.2, 0.25) is 0 Å². The molecular formula is C15H30N2O. The molecule has 2 aliphatic heterocycles. The molecule has 0 aromatic heterocycles. The van der Waals surface area contributed by atoms with Crippen molar-refractivity contribution in [3.63, 3.8) is 0 Å². The molecule has 2 rings (SSSR count). The first-order valence-electron chi connectivity index (χ1n) is 7.78. The highest BCUT2D eigenvalue weighted by Gasteiger charge is 2.27. The predicted octanol–water partition coefficient (Wildman–Crippen LogP) is 2.12. The zero-order valence-corrected chi connectivity index (χ0v) is 12.3. The fraction of sp³-hybridized carbons (Fsp3) is 1.00. The van der Waals surface area contributed by atoms with Crippen molar-refractivity contribution in [3.05, 3.63) is 0 Å². The van der Waals surface area contributed by atoms with Crippen molar-refractivity contribution in [2.24, 2.45) is 11.8 Å². The molecule has 3 atom stereocenters. The minimum Gasteiger partial charge on any atom is -0.378 e. The summed E-state index contributed by atoms with van der Waals surface area (Å²) in [5.41, 5.74) is 0. The second-order valence-corrected chi connectivity index (χ2v) is 6.09. The molecule has 0 bridgehead atoms. The molecule has 106 valence electrons. The van der Waals surface area contributed by atoms with Gasteiger partial charge in [0.15, 0.2) is 0 Å². The summed E-state index contributed by atoms with van der Waals surface area (Å²) in [6, 6.07) is 0.664. The van der Waals surface area contributed by atoms with E-state index in [9.17, 15) is 0 Å². The monoisotopic (exact) mass is 254 g/mol. The Bertz CT molecular complexity index is 239. The van der Waals surface area contributed by atoms with Gasteiger partial charge in [-0.2, -0.15) is 0 Å². The van der Waals surface area contributed by atoms with Crippen molar-refractivity contribution in [3.8, 4) is 0 Å². The van der Waals surface area contributed by atoms with Gasteiger partial charge in [0.2, 0.25) is 0 Å². The van der Waals surface area contributed by atoms with Gasteiger partial charge < -0.3 is 15.0 Å². The summed E-state index contributed by atoms with van der Waals surface area (Å²) in [7, 11) is 0. The third-order valence-electron chi connectivity index (χ3n) is 5.02. The molecule has 18 heavy (non-hydrogen) atoms. The van der Waals surface area contributed by atoms with E-state index in [1.807, 2.05) is 0 Å². The summed E-state index contributed by atoms with van der Waals surface area (Å²) < 4.78 is 5.63. The molecule has 2 heterocycles. The van der Waals surface area contributed by atoms with Crippen LogP contribution in [0.25, 0.3) is 0 Å². The number of ether oxygens (including phenoxy) is 1. The van der Waals surface area contributed by atoms with Crippen LogP contribution in [-0.2, 0) is 4.74 Å². The Kier molecular flexibility index (Phi) is 5.46. The number of hydrogen-bond acceptors (Lipinski definition) is 3. The number of rotatable bonds is 5. The Morgan fingerprint density at radius 3 is 2.56 bits per heavy atom. The van der Waals surface area contributed by atoms with E-state index in [1.165, 1.54) is 38.9 Å². The summed E-state index contributed by atoms with van der Waals surface area (Å²) >= 11 is 0. The van der Waals surface area contributed by atoms with Crippen molar-refractivity contribution in [2.75, 3.05) is 32.8 Å². The lowest BCUT2D eigenvalue weighted by Gasteiger charge is -2.35. The van der Waals surface area contributed by atoms with Crippen LogP contribution in [0.15, 0.2) is 0 Å². The quantitative estimate of drug-likeness (QED) is 0.813. The zero-order valence-electron chi connectivity index (χ0n) is 12.3. The summed E-state index contributed by atoms with van der Waals surface area (Å²) in [4.78, 5) is 2.57. The topological polar surface area (TPSA) is 24.5 Å². The van der Waals surface area contributed by atoms with E-state index in [4.69, 9.17) is 4.74 Å². The fourth-order valence-corrected chi connectivity index (χ4v) is 3.32. The number of nitrogens with one attached hydrogen (secondary N) is 1. The maximum Gasteiger partial charge on any atom is 0.0588 e. The lowest BCUT2D eigenvalue weighted by molar-refractivity contribution is 0.103. The normalized spacial score (nSPS) is 32.8. The molecular weight excluding hydrogens is 224 g/mol. The van der Waals surface area contributed by atoms with Gasteiger partial charge in [0.1, 0.15) is 0 Å². The average molecular weight is 254 g/mol. The summed E-state index contributed by atoms with van der Waals surface area (Å²) in [5.74, 6) is 1.59. The molecule has 3 unspecified atom stereocenters. The van der Waals surface area contributed by atoms with Crippen molar-refractivity contribution >= 4 is 0 Å². The molecule has 0 saturated carbocycles. The van der Waals surface area contributed by atoms with Gasteiger partial charge in [-0.1, -0.05) is 6.92 Å². The van der Waals surface area contributed by atoms with E-state index in [0.29, 0.717) is 12.1 Å². The first-order chi connectivity index (χ1) is 8.70. The Morgan fingerprint density at radius 2 is 2.00 bits per heavy atom. The summed E-state index contributed by atoms with van der Waals surface area (Å²) in [6.45, 7) is 12.7. The van der Waals surface area contributed by atoms with Gasteiger partial charge in [0.25, 0.3) is 0 Å². The summed E-state index contributed by atoms with van der Waals surface area (Å²) in [5, 5.41) is 3.76. The number of likely N-dealkylation sites (tertiary alicyclic amines) is 1. The maximum atomic E-state index is 5.63. The van der Waals surface area contributed by atoms with Gasteiger partial charge in [-0.3, -0.25) is 0 Å². The van der Waals surface area contributed by atoms with Crippen LogP contribution in [0.4, 0.5) is 0 Å². The molecule has 0 amide bonds. The molecule has 0 aromatic carbocycles. The highest BCUT2D eigenvalue weighted by Crippen LogP contribution is 2.23. The molecule has 2 aliphatic rings. The second-order valence-electron chi connectivity index (χ2n) is 6.09. The van der Waals surface area contributed by atoms with E-state index in [0.717, 1.165) is 25.0 Å². The van der Waals surface area contributed by atoms with Crippen LogP contribution < -0.4 is 5.32 Å². The van der Waals surface area contributed by atoms with Gasteiger partial charge in [0.05, 0.1) is 6.10 Å². The molecule has 2 saturated heterocycles. The Balaban J connectivity index is 1.67. The zero-order chi connectivity index (χ0) is 13.0. The fourth-order valence-electron chi connectivity index (χ4n) is 3.32. The van der Waals surface area contributed by atoms with Crippen molar-refractivity contribution < 1.29 is 4.74 Å². The maximum absolute atomic E-state index is 5.63. The Morgan fingerprint density at radius 1 is 1.28 bits per heavy atom. The van der Waals surface area contributed by atoms with Crippen LogP contribution in [-0.4, -0.2) is 49.8 Å². The number of nitrogens with zero attached hydrogens (tertiary/aromatic N) is 1. The Hall–Kier alpha value is -0.120. The van der Waals surface area contributed by atoms with Gasteiger partial charge in [0, 0.05) is 19.2 Å². The highest BCUT2D eigenvalue weighted by molar-refractivity contribution is 4.82. The standard InChI is InChI=1S/C15H30N2O/c1-4-17-8-5-14(6-9-17)12(2)16-11-15-7-10-18-13(15)3/h12-16H,4-11H2,1-3H3. The van der Waals surface area contributed by atoms with E-state index in [2.05, 4.69) is 31.0 Å². The molecule has 2 fully saturated rings. The number of hydrogen-bond donors (Lipinski definition) is 1. The van der Waals surface area contributed by atoms with Crippen LogP contribution in [0, 0.1) is 11.8 Å². The first-order valence-corrected chi connectivity index (χ1v) is 7.78. The predicted molar refractivity (Wildman–Crippen MR) is 75.8 cm³/mol. The third kappa shape index (κ3) is 3.69. The molecule has 1 N–H and O–H groups in total. The van der Waals surface area contributed by atoms with E-state index >= 15 is 0 Å². The van der Waals surface area contributed by atoms with Crippen LogP contribution in [0.3, 0.4) is 0 Å². The largest absolute Gasteiger partial charge is 0.378 e. The molecule has 3 nitrogen and oxygen atoms in total. The van der Waals surface area contributed by atoms with E-state index in [1.54, 1.807) is 0 Å². The average Bonchev–Trinajstić information content (AvgIpc) is 2.81. The van der Waals surface area contributed by atoms with Crippen molar-refractivity contribution in [1.82, 2.24) is 10.2 Å². The smallest absolute Gasteiger partial charge is 0.0588 e. The van der Waals surface area contributed by atoms with Crippen LogP contribution >= 0.6 is 0 Å². The van der Waals surface area contributed by atoms with Crippen LogP contribution in [0.1, 0.15) is 40.0 Å². The van der Waals surface area contributed by atoms with Crippen LogP contribution in [0.5, 0.6) is 0 Å². The molecule has 0 aromatic rings. The molecule has 3 heteroatoms. The highest BCUT2D eigenvalue weighted by atomic mass is 16.5. The molecule has 0 radical (unpaired) electrons.